The van der Waals surface area contributed by atoms with E-state index in [1.165, 1.54) is 14.2 Å². The Balaban J connectivity index is 2.86. The maximum Gasteiger partial charge on any atom is 0.318 e. The summed E-state index contributed by atoms with van der Waals surface area (Å²) in [5.41, 5.74) is 0.901. The minimum absolute atomic E-state index is 0.244. The van der Waals surface area contributed by atoms with Crippen LogP contribution in [-0.4, -0.2) is 37.7 Å². The number of hydroxylamine groups is 2. The third-order valence-corrected chi connectivity index (χ3v) is 2.74. The molecule has 1 unspecified atom stereocenters. The van der Waals surface area contributed by atoms with Gasteiger partial charge in [0, 0.05) is 7.05 Å². The molecule has 0 spiro atoms. The van der Waals surface area contributed by atoms with E-state index in [-0.39, 0.29) is 6.61 Å². The van der Waals surface area contributed by atoms with E-state index in [1.807, 2.05) is 30.3 Å². The third-order valence-electron chi connectivity index (χ3n) is 2.74. The first kappa shape index (κ1) is 15.2. The average Bonchev–Trinajstić information content (AvgIpc) is 2.44. The van der Waals surface area contributed by atoms with Gasteiger partial charge in [0.1, 0.15) is 5.92 Å². The Hall–Kier alpha value is -1.88. The third kappa shape index (κ3) is 4.37. The van der Waals surface area contributed by atoms with Gasteiger partial charge < -0.3 is 4.74 Å². The topological polar surface area (TPSA) is 55.8 Å². The Bertz CT molecular complexity index is 419. The molecule has 0 saturated carbocycles. The second kappa shape index (κ2) is 7.53. The van der Waals surface area contributed by atoms with Gasteiger partial charge in [0.25, 0.3) is 5.91 Å². The van der Waals surface area contributed by atoms with E-state index in [1.54, 1.807) is 6.92 Å². The van der Waals surface area contributed by atoms with Crippen molar-refractivity contribution in [3.63, 3.8) is 0 Å². The van der Waals surface area contributed by atoms with E-state index >= 15 is 0 Å². The zero-order valence-electron chi connectivity index (χ0n) is 11.5. The molecule has 0 aromatic heterocycles. The molecule has 0 aliphatic carbocycles. The number of benzene rings is 1. The number of hydrogen-bond acceptors (Lipinski definition) is 4. The predicted octanol–water partition coefficient (Wildman–Crippen LogP) is 1.43. The van der Waals surface area contributed by atoms with Gasteiger partial charge in [-0.15, -0.1) is 0 Å². The van der Waals surface area contributed by atoms with E-state index < -0.39 is 17.8 Å². The van der Waals surface area contributed by atoms with E-state index in [0.717, 1.165) is 10.6 Å². The zero-order chi connectivity index (χ0) is 14.3. The molecule has 0 N–H and O–H groups in total. The summed E-state index contributed by atoms with van der Waals surface area (Å²) < 4.78 is 4.95. The van der Waals surface area contributed by atoms with Crippen molar-refractivity contribution < 1.29 is 19.2 Å². The van der Waals surface area contributed by atoms with Crippen LogP contribution in [0.3, 0.4) is 0 Å². The molecule has 0 fully saturated rings. The van der Waals surface area contributed by atoms with Crippen molar-refractivity contribution in [3.8, 4) is 0 Å². The molecule has 0 aliphatic heterocycles. The van der Waals surface area contributed by atoms with Crippen molar-refractivity contribution >= 4 is 11.9 Å². The van der Waals surface area contributed by atoms with Gasteiger partial charge >= 0.3 is 5.97 Å². The van der Waals surface area contributed by atoms with Crippen LogP contribution in [0.15, 0.2) is 30.3 Å². The summed E-state index contributed by atoms with van der Waals surface area (Å²) in [6, 6.07) is 9.34. The van der Waals surface area contributed by atoms with E-state index in [0.29, 0.717) is 6.42 Å². The van der Waals surface area contributed by atoms with Crippen molar-refractivity contribution in [2.24, 2.45) is 5.92 Å². The first-order chi connectivity index (χ1) is 9.10. The molecule has 104 valence electrons. The highest BCUT2D eigenvalue weighted by Crippen LogP contribution is 2.13. The van der Waals surface area contributed by atoms with Crippen LogP contribution in [0.4, 0.5) is 0 Å². The van der Waals surface area contributed by atoms with Crippen molar-refractivity contribution in [3.05, 3.63) is 35.9 Å². The maximum absolute atomic E-state index is 12.1. The Morgan fingerprint density at radius 3 is 2.42 bits per heavy atom. The number of amides is 1. The van der Waals surface area contributed by atoms with Crippen LogP contribution < -0.4 is 0 Å². The SMILES string of the molecule is CCOC(=O)C(Cc1ccccc1)C(=O)N(C)OC. The Kier molecular flexibility index (Phi) is 6.02. The smallest absolute Gasteiger partial charge is 0.318 e. The van der Waals surface area contributed by atoms with Crippen molar-refractivity contribution in [1.82, 2.24) is 5.06 Å². The van der Waals surface area contributed by atoms with Crippen LogP contribution in [0.5, 0.6) is 0 Å². The largest absolute Gasteiger partial charge is 0.465 e. The van der Waals surface area contributed by atoms with Gasteiger partial charge in [-0.25, -0.2) is 5.06 Å². The van der Waals surface area contributed by atoms with Crippen LogP contribution in [0.1, 0.15) is 12.5 Å². The van der Waals surface area contributed by atoms with Crippen LogP contribution in [0, 0.1) is 5.92 Å². The lowest BCUT2D eigenvalue weighted by Gasteiger charge is -2.20. The van der Waals surface area contributed by atoms with Crippen LogP contribution in [-0.2, 0) is 25.6 Å². The van der Waals surface area contributed by atoms with Crippen molar-refractivity contribution in [2.75, 3.05) is 20.8 Å². The number of hydrogen-bond donors (Lipinski definition) is 0. The summed E-state index contributed by atoms with van der Waals surface area (Å²) in [5.74, 6) is -1.82. The number of esters is 1. The molecule has 1 aromatic rings. The molecule has 1 rings (SSSR count). The summed E-state index contributed by atoms with van der Waals surface area (Å²) in [6.45, 7) is 1.95. The minimum Gasteiger partial charge on any atom is -0.465 e. The lowest BCUT2D eigenvalue weighted by molar-refractivity contribution is -0.179. The molecule has 0 radical (unpaired) electrons. The van der Waals surface area contributed by atoms with Gasteiger partial charge in [-0.3, -0.25) is 14.4 Å². The summed E-state index contributed by atoms with van der Waals surface area (Å²) in [4.78, 5) is 28.8. The molecule has 5 heteroatoms. The predicted molar refractivity (Wildman–Crippen MR) is 70.0 cm³/mol. The highest BCUT2D eigenvalue weighted by molar-refractivity contribution is 5.97. The lowest BCUT2D eigenvalue weighted by Crippen LogP contribution is -2.38. The van der Waals surface area contributed by atoms with Gasteiger partial charge in [-0.1, -0.05) is 30.3 Å². The van der Waals surface area contributed by atoms with Crippen molar-refractivity contribution in [1.29, 1.82) is 0 Å². The fourth-order valence-corrected chi connectivity index (χ4v) is 1.67. The van der Waals surface area contributed by atoms with E-state index in [9.17, 15) is 9.59 Å². The molecule has 5 nitrogen and oxygen atoms in total. The molecule has 19 heavy (non-hydrogen) atoms. The molecule has 0 aliphatic rings. The molecule has 1 aromatic carbocycles. The summed E-state index contributed by atoms with van der Waals surface area (Å²) in [7, 11) is 2.85. The monoisotopic (exact) mass is 265 g/mol. The van der Waals surface area contributed by atoms with E-state index in [2.05, 4.69) is 0 Å². The number of nitrogens with zero attached hydrogens (tertiary/aromatic N) is 1. The second-order valence-corrected chi connectivity index (χ2v) is 4.01. The van der Waals surface area contributed by atoms with Crippen LogP contribution >= 0.6 is 0 Å². The molecular formula is C14H19NO4. The molecule has 0 bridgehead atoms. The molecule has 0 heterocycles. The lowest BCUT2D eigenvalue weighted by atomic mass is 9.98. The fraction of sp³-hybridized carbons (Fsp3) is 0.429. The second-order valence-electron chi connectivity index (χ2n) is 4.01. The first-order valence-corrected chi connectivity index (χ1v) is 6.12. The summed E-state index contributed by atoms with van der Waals surface area (Å²) in [6.07, 6.45) is 0.298. The fourth-order valence-electron chi connectivity index (χ4n) is 1.67. The van der Waals surface area contributed by atoms with Gasteiger partial charge in [-0.05, 0) is 18.9 Å². The van der Waals surface area contributed by atoms with Gasteiger partial charge in [0.05, 0.1) is 13.7 Å². The van der Waals surface area contributed by atoms with Gasteiger partial charge in [0.15, 0.2) is 0 Å². The Morgan fingerprint density at radius 2 is 1.89 bits per heavy atom. The average molecular weight is 265 g/mol. The van der Waals surface area contributed by atoms with Crippen LogP contribution in [0.25, 0.3) is 0 Å². The van der Waals surface area contributed by atoms with Gasteiger partial charge in [0.2, 0.25) is 0 Å². The van der Waals surface area contributed by atoms with Gasteiger partial charge in [-0.2, -0.15) is 0 Å². The minimum atomic E-state index is -0.882. The summed E-state index contributed by atoms with van der Waals surface area (Å²) in [5, 5.41) is 1.05. The van der Waals surface area contributed by atoms with Crippen LogP contribution in [0.2, 0.25) is 0 Å². The Morgan fingerprint density at radius 1 is 1.26 bits per heavy atom. The number of ether oxygens (including phenoxy) is 1. The highest BCUT2D eigenvalue weighted by atomic mass is 16.7. The Labute approximate surface area is 113 Å². The highest BCUT2D eigenvalue weighted by Gasteiger charge is 2.31. The quantitative estimate of drug-likeness (QED) is 0.443. The molecule has 1 atom stereocenters. The number of rotatable bonds is 6. The molecule has 1 amide bonds. The molecule has 0 saturated heterocycles. The summed E-state index contributed by atoms with van der Waals surface area (Å²) >= 11 is 0. The molecular weight excluding hydrogens is 246 g/mol. The number of carbonyl (C=O) groups is 2. The van der Waals surface area contributed by atoms with E-state index in [4.69, 9.17) is 9.57 Å². The number of carbonyl (C=O) groups excluding carboxylic acids is 2. The van der Waals surface area contributed by atoms with Crippen molar-refractivity contribution in [2.45, 2.75) is 13.3 Å². The standard InChI is InChI=1S/C14H19NO4/c1-4-19-14(17)12(13(16)15(2)18-3)10-11-8-6-5-7-9-11/h5-9,12H,4,10H2,1-3H3. The normalized spacial score (nSPS) is 11.7. The first-order valence-electron chi connectivity index (χ1n) is 6.12. The maximum atomic E-state index is 12.1. The zero-order valence-corrected chi connectivity index (χ0v) is 11.5.